The highest BCUT2D eigenvalue weighted by molar-refractivity contribution is 5.89. The molecule has 1 aliphatic rings. The number of ether oxygens (including phenoxy) is 1. The van der Waals surface area contributed by atoms with Crippen LogP contribution in [0.15, 0.2) is 54.6 Å². The molecule has 0 atom stereocenters. The fourth-order valence-corrected chi connectivity index (χ4v) is 3.91. The Morgan fingerprint density at radius 3 is 2.52 bits per heavy atom. The number of rotatable bonds is 5. The first kappa shape index (κ1) is 18.9. The number of nitrogens with one attached hydrogen (secondary N) is 2. The number of aromatic nitrogens is 4. The number of carbonyl (C=O) groups is 1. The van der Waals surface area contributed by atoms with E-state index in [4.69, 9.17) is 4.74 Å². The standard InChI is InChI=1S/C21H24N6O2/c1-29-18-13-7-6-12-17(18)27-19(24-25-26-27)21(14-8-3-9-15-21)23-20(28)22-16-10-4-2-5-11-16/h2,4-7,10-13H,3,8-9,14-15H2,1H3,(H2,22,23,28). The Labute approximate surface area is 169 Å². The summed E-state index contributed by atoms with van der Waals surface area (Å²) in [6, 6.07) is 16.7. The Balaban J connectivity index is 1.67. The van der Waals surface area contributed by atoms with E-state index in [0.717, 1.165) is 43.5 Å². The monoisotopic (exact) mass is 392 g/mol. The van der Waals surface area contributed by atoms with Crippen LogP contribution in [0.1, 0.15) is 37.9 Å². The molecule has 0 radical (unpaired) electrons. The molecule has 1 saturated carbocycles. The van der Waals surface area contributed by atoms with Gasteiger partial charge in [-0.1, -0.05) is 49.6 Å². The molecule has 2 N–H and O–H groups in total. The van der Waals surface area contributed by atoms with E-state index in [1.165, 1.54) is 0 Å². The van der Waals surface area contributed by atoms with Gasteiger partial charge in [0.2, 0.25) is 0 Å². The van der Waals surface area contributed by atoms with Crippen LogP contribution in [0.5, 0.6) is 5.75 Å². The van der Waals surface area contributed by atoms with E-state index in [9.17, 15) is 4.79 Å². The van der Waals surface area contributed by atoms with Gasteiger partial charge in [0, 0.05) is 5.69 Å². The lowest BCUT2D eigenvalue weighted by Crippen LogP contribution is -2.50. The van der Waals surface area contributed by atoms with Gasteiger partial charge in [-0.2, -0.15) is 4.68 Å². The predicted octanol–water partition coefficient (Wildman–Crippen LogP) is 3.65. The lowest BCUT2D eigenvalue weighted by molar-refractivity contribution is 0.204. The number of hydrogen-bond acceptors (Lipinski definition) is 5. The molecule has 2 amide bonds. The lowest BCUT2D eigenvalue weighted by Gasteiger charge is -2.36. The summed E-state index contributed by atoms with van der Waals surface area (Å²) >= 11 is 0. The van der Waals surface area contributed by atoms with E-state index in [1.807, 2.05) is 54.6 Å². The second kappa shape index (κ2) is 8.30. The molecular weight excluding hydrogens is 368 g/mol. The molecule has 0 aliphatic heterocycles. The lowest BCUT2D eigenvalue weighted by atomic mass is 9.81. The molecule has 1 aliphatic carbocycles. The molecule has 0 bridgehead atoms. The zero-order valence-corrected chi connectivity index (χ0v) is 16.3. The van der Waals surface area contributed by atoms with Crippen molar-refractivity contribution in [1.82, 2.24) is 25.5 Å². The van der Waals surface area contributed by atoms with Crippen molar-refractivity contribution in [3.05, 3.63) is 60.4 Å². The summed E-state index contributed by atoms with van der Waals surface area (Å²) < 4.78 is 7.16. The Hall–Kier alpha value is -3.42. The average Bonchev–Trinajstić information content (AvgIpc) is 3.25. The van der Waals surface area contributed by atoms with Gasteiger partial charge in [0.05, 0.1) is 7.11 Å². The van der Waals surface area contributed by atoms with Crippen molar-refractivity contribution in [3.63, 3.8) is 0 Å². The van der Waals surface area contributed by atoms with E-state index in [1.54, 1.807) is 11.8 Å². The van der Waals surface area contributed by atoms with Crippen molar-refractivity contribution in [3.8, 4) is 11.4 Å². The van der Waals surface area contributed by atoms with Gasteiger partial charge in [-0.3, -0.25) is 0 Å². The highest BCUT2D eigenvalue weighted by atomic mass is 16.5. The van der Waals surface area contributed by atoms with Gasteiger partial charge in [-0.25, -0.2) is 4.79 Å². The van der Waals surface area contributed by atoms with Gasteiger partial charge < -0.3 is 15.4 Å². The molecule has 8 heteroatoms. The summed E-state index contributed by atoms with van der Waals surface area (Å²) in [5.74, 6) is 1.28. The van der Waals surface area contributed by atoms with E-state index in [-0.39, 0.29) is 6.03 Å². The number of anilines is 1. The van der Waals surface area contributed by atoms with Crippen molar-refractivity contribution in [2.75, 3.05) is 12.4 Å². The van der Waals surface area contributed by atoms with Crippen LogP contribution >= 0.6 is 0 Å². The van der Waals surface area contributed by atoms with Gasteiger partial charge in [0.25, 0.3) is 0 Å². The number of carbonyl (C=O) groups excluding carboxylic acids is 1. The van der Waals surface area contributed by atoms with Gasteiger partial charge in [-0.15, -0.1) is 5.10 Å². The summed E-state index contributed by atoms with van der Waals surface area (Å²) in [4.78, 5) is 12.8. The highest BCUT2D eigenvalue weighted by Crippen LogP contribution is 2.37. The van der Waals surface area contributed by atoms with Crippen LogP contribution in [0.4, 0.5) is 10.5 Å². The Bertz CT molecular complexity index is 966. The maximum Gasteiger partial charge on any atom is 0.320 e. The van der Waals surface area contributed by atoms with E-state index in [0.29, 0.717) is 11.6 Å². The zero-order chi connectivity index (χ0) is 20.1. The number of amides is 2. The molecule has 29 heavy (non-hydrogen) atoms. The second-order valence-corrected chi connectivity index (χ2v) is 7.17. The highest BCUT2D eigenvalue weighted by Gasteiger charge is 2.41. The first-order valence-corrected chi connectivity index (χ1v) is 9.78. The predicted molar refractivity (Wildman–Crippen MR) is 109 cm³/mol. The maximum absolute atomic E-state index is 12.8. The number of para-hydroxylation sites is 3. The molecule has 0 spiro atoms. The first-order valence-electron chi connectivity index (χ1n) is 9.78. The molecule has 3 aromatic rings. The van der Waals surface area contributed by atoms with Crippen LogP contribution in [-0.4, -0.2) is 33.3 Å². The Morgan fingerprint density at radius 2 is 1.76 bits per heavy atom. The average molecular weight is 392 g/mol. The molecule has 2 aromatic carbocycles. The number of methoxy groups -OCH3 is 1. The molecule has 8 nitrogen and oxygen atoms in total. The van der Waals surface area contributed by atoms with Crippen LogP contribution in [-0.2, 0) is 5.54 Å². The fraction of sp³-hybridized carbons (Fsp3) is 0.333. The minimum atomic E-state index is -0.651. The topological polar surface area (TPSA) is 94.0 Å². The summed E-state index contributed by atoms with van der Waals surface area (Å²) in [6.07, 6.45) is 4.64. The van der Waals surface area contributed by atoms with Crippen molar-refractivity contribution < 1.29 is 9.53 Å². The molecule has 150 valence electrons. The third-order valence-corrected chi connectivity index (χ3v) is 5.30. The quantitative estimate of drug-likeness (QED) is 0.691. The largest absolute Gasteiger partial charge is 0.494 e. The molecule has 4 rings (SSSR count). The molecular formula is C21H24N6O2. The minimum Gasteiger partial charge on any atom is -0.494 e. The number of hydrogen-bond donors (Lipinski definition) is 2. The van der Waals surface area contributed by atoms with Crippen molar-refractivity contribution in [2.45, 2.75) is 37.6 Å². The van der Waals surface area contributed by atoms with E-state index in [2.05, 4.69) is 26.2 Å². The van der Waals surface area contributed by atoms with Crippen LogP contribution in [0.3, 0.4) is 0 Å². The van der Waals surface area contributed by atoms with Crippen LogP contribution < -0.4 is 15.4 Å². The van der Waals surface area contributed by atoms with Gasteiger partial charge >= 0.3 is 6.03 Å². The van der Waals surface area contributed by atoms with Crippen LogP contribution in [0, 0.1) is 0 Å². The summed E-state index contributed by atoms with van der Waals surface area (Å²) in [5, 5.41) is 18.5. The van der Waals surface area contributed by atoms with Gasteiger partial charge in [0.15, 0.2) is 5.82 Å². The number of nitrogens with zero attached hydrogens (tertiary/aromatic N) is 4. The number of benzene rings is 2. The third-order valence-electron chi connectivity index (χ3n) is 5.30. The second-order valence-electron chi connectivity index (χ2n) is 7.17. The van der Waals surface area contributed by atoms with Gasteiger partial charge in [-0.05, 0) is 47.5 Å². The first-order chi connectivity index (χ1) is 14.2. The molecule has 1 heterocycles. The number of tetrazole rings is 1. The van der Waals surface area contributed by atoms with Crippen LogP contribution in [0.25, 0.3) is 5.69 Å². The Morgan fingerprint density at radius 1 is 1.03 bits per heavy atom. The van der Waals surface area contributed by atoms with Crippen molar-refractivity contribution >= 4 is 11.7 Å². The third kappa shape index (κ3) is 3.91. The van der Waals surface area contributed by atoms with E-state index >= 15 is 0 Å². The van der Waals surface area contributed by atoms with Crippen LogP contribution in [0.2, 0.25) is 0 Å². The van der Waals surface area contributed by atoms with Crippen molar-refractivity contribution in [1.29, 1.82) is 0 Å². The fourth-order valence-electron chi connectivity index (χ4n) is 3.91. The molecule has 0 unspecified atom stereocenters. The van der Waals surface area contributed by atoms with E-state index < -0.39 is 5.54 Å². The maximum atomic E-state index is 12.8. The number of urea groups is 1. The summed E-state index contributed by atoms with van der Waals surface area (Å²) in [6.45, 7) is 0. The molecule has 1 fully saturated rings. The summed E-state index contributed by atoms with van der Waals surface area (Å²) in [5.41, 5.74) is 0.826. The normalized spacial score (nSPS) is 15.5. The summed E-state index contributed by atoms with van der Waals surface area (Å²) in [7, 11) is 1.62. The molecule has 1 aromatic heterocycles. The Kier molecular flexibility index (Phi) is 5.41. The minimum absolute atomic E-state index is 0.271. The molecule has 0 saturated heterocycles. The smallest absolute Gasteiger partial charge is 0.320 e. The zero-order valence-electron chi connectivity index (χ0n) is 16.3. The van der Waals surface area contributed by atoms with Gasteiger partial charge in [0.1, 0.15) is 17.0 Å². The van der Waals surface area contributed by atoms with Crippen molar-refractivity contribution in [2.24, 2.45) is 0 Å². The SMILES string of the molecule is COc1ccccc1-n1nnnc1C1(NC(=O)Nc2ccccc2)CCCCC1.